The molecule has 2 aliphatic heterocycles. The Labute approximate surface area is 431 Å². The largest absolute Gasteiger partial charge is 0.457 e. The quantitative estimate of drug-likeness (QED) is 0.0939. The van der Waals surface area contributed by atoms with E-state index in [0.717, 1.165) is 81.1 Å². The van der Waals surface area contributed by atoms with Crippen molar-refractivity contribution in [2.45, 2.75) is 6.18 Å². The number of nitriles is 2. The topological polar surface area (TPSA) is 213 Å². The average Bonchev–Trinajstić information content (AvgIpc) is 3.43. The lowest BCUT2D eigenvalue weighted by molar-refractivity contribution is -0.137. The highest BCUT2D eigenvalue weighted by atomic mass is 35.5. The Morgan fingerprint density at radius 3 is 1.43 bits per heavy atom. The SMILES string of the molecule is N#Cc1ccc(N(C(=O)Nc2ccc(Oc3ccc4ncc(N5CCNCC5)nc4c3)cc2)N(C(=O)Nc2ccc(Oc3ccc4ncc(N5CCNCC5)nc4c3)cc2)c2ccc(C#N)c(C(F)(F)F)c2)cc1Cl. The van der Waals surface area contributed by atoms with E-state index in [1.54, 1.807) is 79.1 Å². The van der Waals surface area contributed by atoms with E-state index in [4.69, 9.17) is 31.0 Å². The number of carbonyl (C=O) groups is 2. The van der Waals surface area contributed by atoms with Gasteiger partial charge in [0.2, 0.25) is 0 Å². The standard InChI is InChI=1S/C53H42ClF3N14O4/c54-44-26-38(8-2-34(44)30-59)71(52(73)65-36-5-11-40(12-6-36)75-42-14-16-46-48(28-42)67-50(32-63-46)69-23-19-61-20-24-69)70(37-7-1-33(29-58)43(25-37)53(55,56)57)51(72)64-35-3-9-39(10-4-35)74-41-13-15-45-47(27-41)66-49(31-62-45)68-21-17-60-18-22-68/h1-16,25-28,31-32,60-61H,17-24H2,(H,64,72)(H,65,73). The number of hydrogen-bond acceptors (Lipinski definition) is 14. The van der Waals surface area contributed by atoms with Crippen LogP contribution in [0.5, 0.6) is 23.0 Å². The number of nitrogens with one attached hydrogen (secondary N) is 4. The van der Waals surface area contributed by atoms with Gasteiger partial charge in [-0.05, 0) is 109 Å². The second kappa shape index (κ2) is 21.4. The molecular formula is C53H42ClF3N14O4. The molecule has 18 nitrogen and oxygen atoms in total. The molecule has 4 N–H and O–H groups in total. The number of urea groups is 2. The summed E-state index contributed by atoms with van der Waals surface area (Å²) in [6, 6.07) is 30.6. The van der Waals surface area contributed by atoms with Gasteiger partial charge >= 0.3 is 18.2 Å². The molecule has 0 saturated carbocycles. The minimum Gasteiger partial charge on any atom is -0.457 e. The molecule has 0 radical (unpaired) electrons. The molecule has 10 rings (SSSR count). The Balaban J connectivity index is 0.926. The molecule has 2 saturated heterocycles. The maximum absolute atomic E-state index is 14.7. The summed E-state index contributed by atoms with van der Waals surface area (Å²) < 4.78 is 56.0. The third-order valence-corrected chi connectivity index (χ3v) is 12.5. The van der Waals surface area contributed by atoms with E-state index in [1.807, 2.05) is 6.07 Å². The third-order valence-electron chi connectivity index (χ3n) is 12.1. The van der Waals surface area contributed by atoms with Crippen LogP contribution >= 0.6 is 11.6 Å². The minimum absolute atomic E-state index is 0.0162. The Morgan fingerprint density at radius 1 is 0.573 bits per heavy atom. The Kier molecular flexibility index (Phi) is 14.1. The molecule has 22 heteroatoms. The van der Waals surface area contributed by atoms with Gasteiger partial charge in [0, 0.05) is 75.9 Å². The molecule has 0 bridgehead atoms. The minimum atomic E-state index is -5.05. The molecule has 0 spiro atoms. The van der Waals surface area contributed by atoms with E-state index in [-0.39, 0.29) is 27.6 Å². The summed E-state index contributed by atoms with van der Waals surface area (Å²) >= 11 is 6.49. The number of carbonyl (C=O) groups excluding carboxylic acids is 2. The highest BCUT2D eigenvalue weighted by molar-refractivity contribution is 6.32. The Hall–Kier alpha value is -9.28. The molecule has 4 amide bonds. The predicted molar refractivity (Wildman–Crippen MR) is 278 cm³/mol. The van der Waals surface area contributed by atoms with Gasteiger partial charge in [0.15, 0.2) is 0 Å². The molecule has 6 aromatic carbocycles. The van der Waals surface area contributed by atoms with Crippen molar-refractivity contribution >= 4 is 80.1 Å². The van der Waals surface area contributed by atoms with Crippen LogP contribution in [0.25, 0.3) is 22.1 Å². The highest BCUT2D eigenvalue weighted by Gasteiger charge is 2.37. The molecule has 75 heavy (non-hydrogen) atoms. The van der Waals surface area contributed by atoms with Crippen molar-refractivity contribution in [2.75, 3.05) is 82.8 Å². The first-order chi connectivity index (χ1) is 36.4. The zero-order chi connectivity index (χ0) is 52.1. The highest BCUT2D eigenvalue weighted by Crippen LogP contribution is 2.37. The van der Waals surface area contributed by atoms with Crippen LogP contribution in [0.2, 0.25) is 5.02 Å². The second-order valence-electron chi connectivity index (χ2n) is 17.1. The number of rotatable bonds is 10. The summed E-state index contributed by atoms with van der Waals surface area (Å²) in [5, 5.41) is 32.7. The van der Waals surface area contributed by atoms with Crippen LogP contribution in [0.4, 0.5) is 57.1 Å². The molecule has 2 fully saturated rings. The number of benzene rings is 6. The number of hydrazine groups is 1. The second-order valence-corrected chi connectivity index (χ2v) is 17.5. The average molecular weight is 1030 g/mol. The molecule has 376 valence electrons. The number of aromatic nitrogens is 4. The number of hydrogen-bond donors (Lipinski definition) is 4. The van der Waals surface area contributed by atoms with Crippen LogP contribution in [0, 0.1) is 22.7 Å². The van der Waals surface area contributed by atoms with Crippen LogP contribution in [0.1, 0.15) is 16.7 Å². The summed E-state index contributed by atoms with van der Waals surface area (Å²) in [5.41, 5.74) is 0.275. The molecule has 0 atom stereocenters. The summed E-state index contributed by atoms with van der Waals surface area (Å²) in [7, 11) is 0. The molecule has 0 aliphatic carbocycles. The van der Waals surface area contributed by atoms with Crippen LogP contribution in [-0.4, -0.2) is 84.4 Å². The Morgan fingerprint density at radius 2 is 1.00 bits per heavy atom. The van der Waals surface area contributed by atoms with Gasteiger partial charge in [0.1, 0.15) is 40.7 Å². The zero-order valence-corrected chi connectivity index (χ0v) is 40.2. The van der Waals surface area contributed by atoms with Gasteiger partial charge in [-0.3, -0.25) is 9.97 Å². The summed E-state index contributed by atoms with van der Waals surface area (Å²) in [6.45, 7) is 6.53. The third kappa shape index (κ3) is 11.2. The lowest BCUT2D eigenvalue weighted by Gasteiger charge is -2.35. The predicted octanol–water partition coefficient (Wildman–Crippen LogP) is 10.1. The first-order valence-corrected chi connectivity index (χ1v) is 23.8. The summed E-state index contributed by atoms with van der Waals surface area (Å²) in [4.78, 5) is 52.5. The normalized spacial score (nSPS) is 13.6. The molecular weight excluding hydrogens is 989 g/mol. The number of alkyl halides is 3. The van der Waals surface area contributed by atoms with Crippen molar-refractivity contribution in [3.05, 3.63) is 155 Å². The fraction of sp³-hybridized carbons (Fsp3) is 0.170. The number of anilines is 6. The van der Waals surface area contributed by atoms with Crippen molar-refractivity contribution in [1.29, 1.82) is 10.5 Å². The number of amides is 4. The molecule has 2 aromatic heterocycles. The maximum atomic E-state index is 14.7. The van der Waals surface area contributed by atoms with Crippen molar-refractivity contribution in [3.8, 4) is 35.1 Å². The van der Waals surface area contributed by atoms with E-state index in [1.165, 1.54) is 42.5 Å². The number of halogens is 4. The van der Waals surface area contributed by atoms with E-state index >= 15 is 0 Å². The number of fused-ring (bicyclic) bond motifs is 2. The number of nitrogens with zero attached hydrogens (tertiary/aromatic N) is 10. The van der Waals surface area contributed by atoms with E-state index < -0.39 is 35.1 Å². The van der Waals surface area contributed by atoms with Crippen molar-refractivity contribution in [2.24, 2.45) is 0 Å². The molecule has 2 aliphatic rings. The van der Waals surface area contributed by atoms with Crippen molar-refractivity contribution in [1.82, 2.24) is 30.6 Å². The van der Waals surface area contributed by atoms with E-state index in [9.17, 15) is 33.3 Å². The van der Waals surface area contributed by atoms with Crippen LogP contribution in [0.15, 0.2) is 134 Å². The van der Waals surface area contributed by atoms with Crippen molar-refractivity contribution < 1.29 is 32.2 Å². The first-order valence-electron chi connectivity index (χ1n) is 23.4. The van der Waals surface area contributed by atoms with Gasteiger partial charge in [-0.25, -0.2) is 19.6 Å². The summed E-state index contributed by atoms with van der Waals surface area (Å²) in [5.74, 6) is 3.19. The van der Waals surface area contributed by atoms with Gasteiger partial charge in [-0.15, -0.1) is 0 Å². The summed E-state index contributed by atoms with van der Waals surface area (Å²) in [6.07, 6.45) is -1.56. The van der Waals surface area contributed by atoms with E-state index in [0.29, 0.717) is 56.1 Å². The van der Waals surface area contributed by atoms with Gasteiger partial charge in [-0.2, -0.15) is 33.7 Å². The first kappa shape index (κ1) is 49.3. The van der Waals surface area contributed by atoms with Crippen LogP contribution < -0.4 is 50.6 Å². The van der Waals surface area contributed by atoms with Gasteiger partial charge < -0.3 is 40.5 Å². The molecule has 4 heterocycles. The fourth-order valence-electron chi connectivity index (χ4n) is 8.39. The number of piperazine rings is 2. The monoisotopic (exact) mass is 1030 g/mol. The van der Waals surface area contributed by atoms with Crippen LogP contribution in [-0.2, 0) is 6.18 Å². The lowest BCUT2D eigenvalue weighted by Crippen LogP contribution is -2.54. The van der Waals surface area contributed by atoms with Crippen LogP contribution in [0.3, 0.4) is 0 Å². The lowest BCUT2D eigenvalue weighted by atomic mass is 10.1. The van der Waals surface area contributed by atoms with Gasteiger partial charge in [0.05, 0.1) is 73.6 Å². The van der Waals surface area contributed by atoms with Gasteiger partial charge in [0.25, 0.3) is 0 Å². The van der Waals surface area contributed by atoms with Gasteiger partial charge in [-0.1, -0.05) is 11.6 Å². The maximum Gasteiger partial charge on any atom is 0.417 e. The van der Waals surface area contributed by atoms with Crippen molar-refractivity contribution in [3.63, 3.8) is 0 Å². The molecule has 0 unspecified atom stereocenters. The molecule has 8 aromatic rings. The zero-order valence-electron chi connectivity index (χ0n) is 39.5. The Bertz CT molecular complexity index is 3530. The fourth-order valence-corrected chi connectivity index (χ4v) is 8.61. The van der Waals surface area contributed by atoms with E-state index in [2.05, 4.69) is 41.0 Å². The number of ether oxygens (including phenoxy) is 2. The smallest absolute Gasteiger partial charge is 0.417 e.